The van der Waals surface area contributed by atoms with Gasteiger partial charge in [0.2, 0.25) is 0 Å². The van der Waals surface area contributed by atoms with E-state index in [-0.39, 0.29) is 0 Å². The molecule has 0 heterocycles. The van der Waals surface area contributed by atoms with Crippen molar-refractivity contribution in [1.29, 1.82) is 0 Å². The molecule has 0 saturated carbocycles. The highest BCUT2D eigenvalue weighted by atomic mass is 32.2. The van der Waals surface area contributed by atoms with Crippen molar-refractivity contribution in [2.75, 3.05) is 28.4 Å². The molecule has 0 aliphatic heterocycles. The fourth-order valence-electron chi connectivity index (χ4n) is 6.23. The quantitative estimate of drug-likeness (QED) is 0.125. The lowest BCUT2D eigenvalue weighted by atomic mass is 9.82. The molecule has 47 heavy (non-hydrogen) atoms. The second-order valence-corrected chi connectivity index (χ2v) is 12.5. The minimum atomic E-state index is -0.713. The van der Waals surface area contributed by atoms with Crippen LogP contribution >= 0.6 is 11.8 Å². The van der Waals surface area contributed by atoms with E-state index in [0.29, 0.717) is 0 Å². The Bertz CT molecular complexity index is 1620. The van der Waals surface area contributed by atoms with Crippen LogP contribution in [-0.2, 0) is 9.49 Å². The summed E-state index contributed by atoms with van der Waals surface area (Å²) in [5.41, 5.74) is 6.73. The van der Waals surface area contributed by atoms with Crippen LogP contribution in [0.15, 0.2) is 158 Å². The van der Waals surface area contributed by atoms with Crippen LogP contribution in [0.2, 0.25) is 0 Å². The van der Waals surface area contributed by atoms with Crippen molar-refractivity contribution in [1.82, 2.24) is 0 Å². The topological polar surface area (TPSA) is 36.9 Å². The maximum Gasteiger partial charge on any atom is 0.118 e. The van der Waals surface area contributed by atoms with Gasteiger partial charge >= 0.3 is 0 Å². The zero-order chi connectivity index (χ0) is 32.7. The van der Waals surface area contributed by atoms with Crippen molar-refractivity contribution >= 4 is 11.8 Å². The molecular weight excluding hydrogens is 601 g/mol. The summed E-state index contributed by atoms with van der Waals surface area (Å²) in [6, 6.07) is 55.3. The molecule has 0 radical (unpaired) electrons. The Labute approximate surface area is 281 Å². The first-order valence-electron chi connectivity index (χ1n) is 15.5. The fraction of sp³-hybridized carbons (Fsp3) is 0.143. The van der Waals surface area contributed by atoms with E-state index in [2.05, 4.69) is 109 Å². The van der Waals surface area contributed by atoms with Gasteiger partial charge in [-0.25, -0.2) is 0 Å². The predicted octanol–water partition coefficient (Wildman–Crippen LogP) is 9.74. The second kappa shape index (κ2) is 14.1. The third kappa shape index (κ3) is 6.07. The molecule has 236 valence electrons. The highest BCUT2D eigenvalue weighted by molar-refractivity contribution is 8.02. The van der Waals surface area contributed by atoms with Crippen LogP contribution in [0.3, 0.4) is 0 Å². The molecule has 0 aromatic heterocycles. The first-order valence-corrected chi connectivity index (χ1v) is 16.3. The molecule has 6 rings (SSSR count). The Morgan fingerprint density at radius 2 is 0.511 bits per heavy atom. The van der Waals surface area contributed by atoms with Gasteiger partial charge in [0.15, 0.2) is 0 Å². The lowest BCUT2D eigenvalue weighted by Gasteiger charge is -2.45. The normalized spacial score (nSPS) is 11.5. The summed E-state index contributed by atoms with van der Waals surface area (Å²) in [7, 11) is 6.80. The van der Waals surface area contributed by atoms with E-state index in [1.165, 1.54) is 0 Å². The molecule has 0 amide bonds. The van der Waals surface area contributed by atoms with Crippen molar-refractivity contribution in [2.45, 2.75) is 9.49 Å². The molecule has 0 bridgehead atoms. The van der Waals surface area contributed by atoms with E-state index >= 15 is 0 Å². The number of hydrogen-bond acceptors (Lipinski definition) is 5. The van der Waals surface area contributed by atoms with E-state index in [4.69, 9.17) is 18.9 Å². The number of benzene rings is 6. The van der Waals surface area contributed by atoms with Crippen LogP contribution in [0.4, 0.5) is 0 Å². The van der Waals surface area contributed by atoms with E-state index in [0.717, 1.165) is 56.4 Å². The summed E-state index contributed by atoms with van der Waals surface area (Å²) in [5.74, 6) is 3.20. The van der Waals surface area contributed by atoms with Gasteiger partial charge in [0.05, 0.1) is 37.9 Å². The predicted molar refractivity (Wildman–Crippen MR) is 192 cm³/mol. The molecular formula is C42H38O4S. The largest absolute Gasteiger partial charge is 0.497 e. The van der Waals surface area contributed by atoms with E-state index < -0.39 is 9.49 Å². The average molecular weight is 639 g/mol. The molecule has 4 nitrogen and oxygen atoms in total. The molecule has 0 atom stereocenters. The molecule has 0 N–H and O–H groups in total. The van der Waals surface area contributed by atoms with Gasteiger partial charge in [-0.05, 0) is 81.9 Å². The molecule has 0 aliphatic carbocycles. The van der Waals surface area contributed by atoms with Gasteiger partial charge in [-0.3, -0.25) is 0 Å². The van der Waals surface area contributed by atoms with Gasteiger partial charge in [-0.1, -0.05) is 109 Å². The van der Waals surface area contributed by atoms with Crippen LogP contribution in [0.1, 0.15) is 33.4 Å². The van der Waals surface area contributed by atoms with Crippen LogP contribution in [-0.4, -0.2) is 28.4 Å². The summed E-state index contributed by atoms with van der Waals surface area (Å²) >= 11 is 1.89. The zero-order valence-corrected chi connectivity index (χ0v) is 27.9. The molecule has 6 aromatic carbocycles. The summed E-state index contributed by atoms with van der Waals surface area (Å²) in [6.07, 6.45) is 0. The average Bonchev–Trinajstić information content (AvgIpc) is 3.16. The lowest BCUT2D eigenvalue weighted by molar-refractivity contribution is 0.414. The molecule has 0 aliphatic rings. The van der Waals surface area contributed by atoms with Gasteiger partial charge in [-0.2, -0.15) is 0 Å². The number of methoxy groups -OCH3 is 4. The van der Waals surface area contributed by atoms with Gasteiger partial charge in [-0.15, -0.1) is 11.8 Å². The van der Waals surface area contributed by atoms with E-state index in [1.54, 1.807) is 28.4 Å². The Morgan fingerprint density at radius 3 is 0.723 bits per heavy atom. The Hall–Kier alpha value is -5.13. The van der Waals surface area contributed by atoms with Crippen LogP contribution in [0, 0.1) is 0 Å². The van der Waals surface area contributed by atoms with Crippen molar-refractivity contribution in [2.24, 2.45) is 0 Å². The summed E-state index contributed by atoms with van der Waals surface area (Å²) in [4.78, 5) is 0. The maximum absolute atomic E-state index is 5.63. The Morgan fingerprint density at radius 1 is 0.298 bits per heavy atom. The monoisotopic (exact) mass is 638 g/mol. The summed E-state index contributed by atoms with van der Waals surface area (Å²) in [5, 5.41) is 0. The summed E-state index contributed by atoms with van der Waals surface area (Å²) in [6.45, 7) is 0. The maximum atomic E-state index is 5.63. The first-order chi connectivity index (χ1) is 23.1. The number of hydrogen-bond donors (Lipinski definition) is 0. The highest BCUT2D eigenvalue weighted by Gasteiger charge is 2.48. The van der Waals surface area contributed by atoms with E-state index in [9.17, 15) is 0 Å². The van der Waals surface area contributed by atoms with Crippen molar-refractivity contribution in [3.63, 3.8) is 0 Å². The Kier molecular flexibility index (Phi) is 9.55. The molecule has 0 saturated heterocycles. The second-order valence-electron chi connectivity index (χ2n) is 11.1. The SMILES string of the molecule is COc1ccc(C(SC(c2ccccc2)(c2ccc(OC)cc2)c2ccc(OC)cc2)(c2ccccc2)c2ccc(OC)cc2)cc1. The van der Waals surface area contributed by atoms with Crippen molar-refractivity contribution in [3.05, 3.63) is 191 Å². The Balaban J connectivity index is 1.75. The summed E-state index contributed by atoms with van der Waals surface area (Å²) < 4.78 is 21.1. The number of ether oxygens (including phenoxy) is 4. The van der Waals surface area contributed by atoms with Gasteiger partial charge < -0.3 is 18.9 Å². The smallest absolute Gasteiger partial charge is 0.118 e. The third-order valence-corrected chi connectivity index (χ3v) is 10.7. The van der Waals surface area contributed by atoms with Crippen LogP contribution < -0.4 is 18.9 Å². The highest BCUT2D eigenvalue weighted by Crippen LogP contribution is 2.61. The molecule has 0 spiro atoms. The van der Waals surface area contributed by atoms with Gasteiger partial charge in [0, 0.05) is 0 Å². The van der Waals surface area contributed by atoms with Crippen molar-refractivity contribution in [3.8, 4) is 23.0 Å². The minimum absolute atomic E-state index is 0.713. The fourth-order valence-corrected chi connectivity index (χ4v) is 8.21. The third-order valence-electron chi connectivity index (χ3n) is 8.65. The molecule has 0 fully saturated rings. The number of rotatable bonds is 12. The molecule has 5 heteroatoms. The van der Waals surface area contributed by atoms with Crippen LogP contribution in [0.25, 0.3) is 0 Å². The molecule has 6 aromatic rings. The number of thioether (sulfide) groups is 1. The van der Waals surface area contributed by atoms with E-state index in [1.807, 2.05) is 60.3 Å². The van der Waals surface area contributed by atoms with Gasteiger partial charge in [0.25, 0.3) is 0 Å². The lowest BCUT2D eigenvalue weighted by Crippen LogP contribution is -2.36. The first kappa shape index (κ1) is 31.8. The zero-order valence-electron chi connectivity index (χ0n) is 27.1. The van der Waals surface area contributed by atoms with Gasteiger partial charge in [0.1, 0.15) is 23.0 Å². The van der Waals surface area contributed by atoms with Crippen molar-refractivity contribution < 1.29 is 18.9 Å². The molecule has 0 unspecified atom stereocenters. The minimum Gasteiger partial charge on any atom is -0.497 e. The van der Waals surface area contributed by atoms with Crippen LogP contribution in [0.5, 0.6) is 23.0 Å². The standard InChI is InChI=1S/C42H38O4S/c1-43-37-23-15-33(16-24-37)41(31-11-7-5-8-12-31,34-17-25-38(44-2)26-18-34)47-42(32-13-9-6-10-14-32,35-19-27-39(45-3)28-20-35)36-21-29-40(46-4)30-22-36/h5-30H,1-4H3.